The molecule has 7 heteroatoms. The molecule has 0 aliphatic carbocycles. The Morgan fingerprint density at radius 2 is 1.37 bits per heavy atom. The zero-order valence-electron chi connectivity index (χ0n) is 15.8. The number of anilines is 2. The number of phenols is 1. The maximum Gasteiger partial charge on any atom is 0.207 e. The summed E-state index contributed by atoms with van der Waals surface area (Å²) in [6, 6.07) is 16.2. The summed E-state index contributed by atoms with van der Waals surface area (Å²) in [4.78, 5) is 3.65. The molecule has 0 unspecified atom stereocenters. The molecular formula is C20H28ClN5O. The van der Waals surface area contributed by atoms with Crippen LogP contribution in [0, 0.1) is 10.8 Å². The van der Waals surface area contributed by atoms with E-state index >= 15 is 0 Å². The summed E-state index contributed by atoms with van der Waals surface area (Å²) in [5.41, 5.74) is 1.54. The highest BCUT2D eigenvalue weighted by Crippen LogP contribution is 2.26. The third kappa shape index (κ3) is 6.18. The van der Waals surface area contributed by atoms with Crippen LogP contribution in [-0.2, 0) is 0 Å². The first-order valence-corrected chi connectivity index (χ1v) is 8.90. The minimum atomic E-state index is 0. The number of rotatable bonds is 6. The molecule has 0 heterocycles. The number of hydrogen-bond acceptors (Lipinski definition) is 3. The molecule has 0 aliphatic heterocycles. The normalized spacial score (nSPS) is 9.85. The third-order valence-corrected chi connectivity index (χ3v) is 3.89. The Labute approximate surface area is 167 Å². The summed E-state index contributed by atoms with van der Waals surface area (Å²) in [6.07, 6.45) is 1.88. The highest BCUT2D eigenvalue weighted by atomic mass is 35.5. The van der Waals surface area contributed by atoms with Crippen LogP contribution in [0.3, 0.4) is 0 Å². The van der Waals surface area contributed by atoms with Crippen molar-refractivity contribution < 1.29 is 5.11 Å². The first kappa shape index (κ1) is 22.3. The van der Waals surface area contributed by atoms with Crippen LogP contribution in [0.1, 0.15) is 26.7 Å². The number of phenolic OH excluding ortho intramolecular Hbond substituents is 1. The molecule has 0 atom stereocenters. The van der Waals surface area contributed by atoms with Crippen LogP contribution in [0.2, 0.25) is 0 Å². The van der Waals surface area contributed by atoms with Crippen LogP contribution in [0.5, 0.6) is 5.75 Å². The van der Waals surface area contributed by atoms with Crippen LogP contribution < -0.4 is 10.2 Å². The van der Waals surface area contributed by atoms with E-state index in [1.54, 1.807) is 29.2 Å². The minimum Gasteiger partial charge on any atom is -0.508 e. The van der Waals surface area contributed by atoms with E-state index in [-0.39, 0.29) is 30.1 Å². The molecule has 0 bridgehead atoms. The van der Waals surface area contributed by atoms with Gasteiger partial charge in [0.2, 0.25) is 5.96 Å². The summed E-state index contributed by atoms with van der Waals surface area (Å²) < 4.78 is 0. The quantitative estimate of drug-likeness (QED) is 0.431. The monoisotopic (exact) mass is 389 g/mol. The zero-order valence-corrected chi connectivity index (χ0v) is 16.6. The Bertz CT molecular complexity index is 715. The van der Waals surface area contributed by atoms with E-state index in [9.17, 15) is 5.11 Å². The first-order valence-electron chi connectivity index (χ1n) is 8.90. The standard InChI is InChI=1S/C20H27N5O.ClH/c1-3-14-24(15-4-2)19(21)23-20(22)25(16-8-6-5-7-9-16)17-10-12-18(26)13-11-17;/h5-13,26H,3-4,14-15H2,1-2H3,(H3,21,22,23);1H. The van der Waals surface area contributed by atoms with Crippen LogP contribution >= 0.6 is 12.4 Å². The second kappa shape index (κ2) is 11.1. The van der Waals surface area contributed by atoms with Crippen LogP contribution in [0.15, 0.2) is 54.6 Å². The van der Waals surface area contributed by atoms with Gasteiger partial charge in [0.1, 0.15) is 5.75 Å². The molecule has 0 aromatic heterocycles. The number of halogens is 1. The largest absolute Gasteiger partial charge is 0.508 e. The van der Waals surface area contributed by atoms with Crippen LogP contribution in [0.4, 0.5) is 11.4 Å². The summed E-state index contributed by atoms with van der Waals surface area (Å²) in [5, 5.41) is 29.4. The van der Waals surface area contributed by atoms with Crippen molar-refractivity contribution in [2.24, 2.45) is 0 Å². The van der Waals surface area contributed by atoms with E-state index in [1.807, 2.05) is 35.2 Å². The number of nitrogens with one attached hydrogen (secondary N) is 3. The average Bonchev–Trinajstić information content (AvgIpc) is 2.64. The predicted octanol–water partition coefficient (Wildman–Crippen LogP) is 4.53. The fourth-order valence-electron chi connectivity index (χ4n) is 2.71. The molecule has 2 aromatic rings. The second-order valence-electron chi connectivity index (χ2n) is 6.00. The van der Waals surface area contributed by atoms with E-state index in [1.165, 1.54) is 0 Å². The van der Waals surface area contributed by atoms with E-state index in [4.69, 9.17) is 10.8 Å². The molecule has 0 saturated heterocycles. The molecule has 0 saturated carbocycles. The molecule has 0 aliphatic rings. The van der Waals surface area contributed by atoms with Crippen molar-refractivity contribution in [1.29, 1.82) is 10.8 Å². The number of nitrogens with zero attached hydrogens (tertiary/aromatic N) is 2. The van der Waals surface area contributed by atoms with Gasteiger partial charge in [-0.3, -0.25) is 21.0 Å². The van der Waals surface area contributed by atoms with E-state index in [2.05, 4.69) is 19.2 Å². The molecule has 6 nitrogen and oxygen atoms in total. The van der Waals surface area contributed by atoms with Gasteiger partial charge in [-0.2, -0.15) is 0 Å². The van der Waals surface area contributed by atoms with Gasteiger partial charge in [-0.05, 0) is 49.2 Å². The van der Waals surface area contributed by atoms with Gasteiger partial charge < -0.3 is 10.0 Å². The Kier molecular flexibility index (Phi) is 9.16. The average molecular weight is 390 g/mol. The number of para-hydroxylation sites is 1. The van der Waals surface area contributed by atoms with Gasteiger partial charge in [-0.15, -0.1) is 12.4 Å². The number of guanidine groups is 2. The lowest BCUT2D eigenvalue weighted by molar-refractivity contribution is 0.405. The Hall–Kier alpha value is -2.73. The molecule has 27 heavy (non-hydrogen) atoms. The molecule has 0 radical (unpaired) electrons. The van der Waals surface area contributed by atoms with Gasteiger partial charge in [0.25, 0.3) is 0 Å². The molecule has 146 valence electrons. The van der Waals surface area contributed by atoms with Crippen molar-refractivity contribution in [2.45, 2.75) is 26.7 Å². The molecular weight excluding hydrogens is 362 g/mol. The SMILES string of the molecule is CCCN(CCC)C(=N)NC(=N)N(c1ccccc1)c1ccc(O)cc1.Cl. The van der Waals surface area contributed by atoms with Gasteiger partial charge in [0, 0.05) is 24.5 Å². The fraction of sp³-hybridized carbons (Fsp3) is 0.300. The van der Waals surface area contributed by atoms with Crippen LogP contribution in [0.25, 0.3) is 0 Å². The van der Waals surface area contributed by atoms with E-state index in [0.717, 1.165) is 37.3 Å². The van der Waals surface area contributed by atoms with Gasteiger partial charge in [-0.1, -0.05) is 32.0 Å². The lowest BCUT2D eigenvalue weighted by Crippen LogP contribution is -2.48. The fourth-order valence-corrected chi connectivity index (χ4v) is 2.71. The molecule has 4 N–H and O–H groups in total. The Morgan fingerprint density at radius 1 is 0.852 bits per heavy atom. The van der Waals surface area contributed by atoms with Crippen molar-refractivity contribution in [1.82, 2.24) is 10.2 Å². The van der Waals surface area contributed by atoms with Crippen LogP contribution in [-0.4, -0.2) is 35.0 Å². The van der Waals surface area contributed by atoms with Gasteiger partial charge >= 0.3 is 0 Å². The van der Waals surface area contributed by atoms with Gasteiger partial charge in [0.15, 0.2) is 5.96 Å². The van der Waals surface area contributed by atoms with Crippen molar-refractivity contribution in [3.05, 3.63) is 54.6 Å². The smallest absolute Gasteiger partial charge is 0.207 e. The maximum absolute atomic E-state index is 9.56. The van der Waals surface area contributed by atoms with Gasteiger partial charge in [0.05, 0.1) is 0 Å². The molecule has 0 amide bonds. The summed E-state index contributed by atoms with van der Waals surface area (Å²) in [6.45, 7) is 5.71. The van der Waals surface area contributed by atoms with Crippen molar-refractivity contribution in [3.63, 3.8) is 0 Å². The highest BCUT2D eigenvalue weighted by molar-refractivity contribution is 6.08. The second-order valence-corrected chi connectivity index (χ2v) is 6.00. The summed E-state index contributed by atoms with van der Waals surface area (Å²) in [5.74, 6) is 0.480. The molecule has 0 fully saturated rings. The Morgan fingerprint density at radius 3 is 1.89 bits per heavy atom. The zero-order chi connectivity index (χ0) is 18.9. The summed E-state index contributed by atoms with van der Waals surface area (Å²) >= 11 is 0. The molecule has 2 aromatic carbocycles. The van der Waals surface area contributed by atoms with Crippen molar-refractivity contribution in [3.8, 4) is 5.75 Å². The number of benzene rings is 2. The van der Waals surface area contributed by atoms with Gasteiger partial charge in [-0.25, -0.2) is 0 Å². The Balaban J connectivity index is 0.00000364. The topological polar surface area (TPSA) is 86.4 Å². The predicted molar refractivity (Wildman–Crippen MR) is 115 cm³/mol. The summed E-state index contributed by atoms with van der Waals surface area (Å²) in [7, 11) is 0. The van der Waals surface area contributed by atoms with E-state index < -0.39 is 0 Å². The lowest BCUT2D eigenvalue weighted by Gasteiger charge is -2.29. The van der Waals surface area contributed by atoms with Crippen molar-refractivity contribution in [2.75, 3.05) is 18.0 Å². The molecule has 0 spiro atoms. The lowest BCUT2D eigenvalue weighted by atomic mass is 10.2. The first-order chi connectivity index (χ1) is 12.6. The highest BCUT2D eigenvalue weighted by Gasteiger charge is 2.18. The number of hydrogen-bond donors (Lipinski definition) is 4. The van der Waals surface area contributed by atoms with Crippen molar-refractivity contribution >= 4 is 35.7 Å². The number of aromatic hydroxyl groups is 1. The molecule has 2 rings (SSSR count). The third-order valence-electron chi connectivity index (χ3n) is 3.89. The minimum absolute atomic E-state index is 0. The van der Waals surface area contributed by atoms with E-state index in [0.29, 0.717) is 0 Å². The maximum atomic E-state index is 9.56.